The maximum atomic E-state index is 9.13. The number of halogens is 1. The lowest BCUT2D eigenvalue weighted by Gasteiger charge is -2.20. The molecule has 2 aromatic rings. The summed E-state index contributed by atoms with van der Waals surface area (Å²) in [5, 5.41) is 9.13. The third-order valence-corrected chi connectivity index (χ3v) is 3.94. The van der Waals surface area contributed by atoms with E-state index in [9.17, 15) is 0 Å². The molecule has 0 bridgehead atoms. The number of hydrogen-bond donors (Lipinski definition) is 1. The maximum Gasteiger partial charge on any atom is 0.0945 e. The Labute approximate surface area is 115 Å². The van der Waals surface area contributed by atoms with Crippen molar-refractivity contribution >= 4 is 22.9 Å². The topological polar surface area (TPSA) is 41.3 Å². The third-order valence-electron chi connectivity index (χ3n) is 2.73. The van der Waals surface area contributed by atoms with Gasteiger partial charge in [-0.05, 0) is 12.1 Å². The molecule has 0 unspecified atom stereocenters. The minimum Gasteiger partial charge on any atom is -0.395 e. The standard InChI is InChI=1S/C12H16ClN3OS/c1-15-9-14-6-10(15)7-16(4-5-17)8-11-2-3-12(13)18-11/h2-3,6,9,17H,4-5,7-8H2,1H3. The molecule has 0 saturated heterocycles. The minimum atomic E-state index is 0.150. The van der Waals surface area contributed by atoms with Gasteiger partial charge in [0.25, 0.3) is 0 Å². The second kappa shape index (κ2) is 6.33. The number of thiophene rings is 1. The molecule has 0 radical (unpaired) electrons. The van der Waals surface area contributed by atoms with Crippen LogP contribution in [-0.4, -0.2) is 32.7 Å². The van der Waals surface area contributed by atoms with E-state index in [4.69, 9.17) is 16.7 Å². The Hall–Kier alpha value is -0.880. The smallest absolute Gasteiger partial charge is 0.0945 e. The Morgan fingerprint density at radius 2 is 2.28 bits per heavy atom. The monoisotopic (exact) mass is 285 g/mol. The van der Waals surface area contributed by atoms with Crippen molar-refractivity contribution in [2.45, 2.75) is 13.1 Å². The molecule has 0 fully saturated rings. The van der Waals surface area contributed by atoms with Gasteiger partial charge >= 0.3 is 0 Å². The van der Waals surface area contributed by atoms with E-state index in [1.165, 1.54) is 4.88 Å². The maximum absolute atomic E-state index is 9.13. The Balaban J connectivity index is 2.02. The van der Waals surface area contributed by atoms with E-state index in [1.807, 2.05) is 29.9 Å². The Bertz CT molecular complexity index is 497. The third kappa shape index (κ3) is 3.55. The molecule has 6 heteroatoms. The molecule has 0 aliphatic carbocycles. The highest BCUT2D eigenvalue weighted by Crippen LogP contribution is 2.23. The molecule has 0 atom stereocenters. The van der Waals surface area contributed by atoms with Crippen molar-refractivity contribution in [3.63, 3.8) is 0 Å². The molecule has 0 aromatic carbocycles. The van der Waals surface area contributed by atoms with Crippen molar-refractivity contribution in [3.8, 4) is 0 Å². The van der Waals surface area contributed by atoms with Crippen LogP contribution in [0.1, 0.15) is 10.6 Å². The van der Waals surface area contributed by atoms with E-state index in [0.29, 0.717) is 6.54 Å². The lowest BCUT2D eigenvalue weighted by molar-refractivity contribution is 0.183. The normalized spacial score (nSPS) is 11.3. The Morgan fingerprint density at radius 3 is 2.83 bits per heavy atom. The van der Waals surface area contributed by atoms with Gasteiger partial charge in [-0.2, -0.15) is 0 Å². The molecule has 98 valence electrons. The SMILES string of the molecule is Cn1cncc1CN(CCO)Cc1ccc(Cl)s1. The quantitative estimate of drug-likeness (QED) is 0.884. The fourth-order valence-corrected chi connectivity index (χ4v) is 2.91. The summed E-state index contributed by atoms with van der Waals surface area (Å²) in [6, 6.07) is 3.93. The Morgan fingerprint density at radius 1 is 1.44 bits per heavy atom. The van der Waals surface area contributed by atoms with Crippen molar-refractivity contribution in [2.24, 2.45) is 7.05 Å². The first-order valence-electron chi connectivity index (χ1n) is 5.71. The van der Waals surface area contributed by atoms with Gasteiger partial charge in [0.1, 0.15) is 0 Å². The first kappa shape index (κ1) is 13.5. The van der Waals surface area contributed by atoms with Crippen LogP contribution in [0.15, 0.2) is 24.7 Å². The summed E-state index contributed by atoms with van der Waals surface area (Å²) in [6.45, 7) is 2.35. The van der Waals surface area contributed by atoms with E-state index >= 15 is 0 Å². The highest BCUT2D eigenvalue weighted by atomic mass is 35.5. The van der Waals surface area contributed by atoms with Gasteiger partial charge in [-0.15, -0.1) is 11.3 Å². The van der Waals surface area contributed by atoms with Gasteiger partial charge in [-0.25, -0.2) is 4.98 Å². The van der Waals surface area contributed by atoms with Crippen LogP contribution < -0.4 is 0 Å². The number of nitrogens with zero attached hydrogens (tertiary/aromatic N) is 3. The molecule has 4 nitrogen and oxygen atoms in total. The molecule has 0 aliphatic rings. The number of imidazole rings is 1. The predicted molar refractivity (Wildman–Crippen MR) is 73.7 cm³/mol. The summed E-state index contributed by atoms with van der Waals surface area (Å²) in [5.74, 6) is 0. The summed E-state index contributed by atoms with van der Waals surface area (Å²) >= 11 is 7.50. The number of aliphatic hydroxyl groups excluding tert-OH is 1. The summed E-state index contributed by atoms with van der Waals surface area (Å²) in [7, 11) is 1.97. The average molecular weight is 286 g/mol. The zero-order chi connectivity index (χ0) is 13.0. The molecule has 2 rings (SSSR count). The van der Waals surface area contributed by atoms with E-state index in [1.54, 1.807) is 17.7 Å². The van der Waals surface area contributed by atoms with E-state index in [0.717, 1.165) is 23.1 Å². The average Bonchev–Trinajstić information content (AvgIpc) is 2.90. The number of rotatable bonds is 6. The van der Waals surface area contributed by atoms with Crippen molar-refractivity contribution in [1.29, 1.82) is 0 Å². The van der Waals surface area contributed by atoms with Crippen molar-refractivity contribution in [3.05, 3.63) is 39.6 Å². The van der Waals surface area contributed by atoms with Gasteiger partial charge in [-0.1, -0.05) is 11.6 Å². The minimum absolute atomic E-state index is 0.150. The summed E-state index contributed by atoms with van der Waals surface area (Å²) < 4.78 is 2.79. The van der Waals surface area contributed by atoms with E-state index in [2.05, 4.69) is 9.88 Å². The summed E-state index contributed by atoms with van der Waals surface area (Å²) in [4.78, 5) is 7.49. The van der Waals surface area contributed by atoms with Crippen LogP contribution >= 0.6 is 22.9 Å². The molecular weight excluding hydrogens is 270 g/mol. The number of hydrogen-bond acceptors (Lipinski definition) is 4. The second-order valence-corrected chi connectivity index (χ2v) is 5.94. The van der Waals surface area contributed by atoms with Crippen molar-refractivity contribution in [1.82, 2.24) is 14.5 Å². The largest absolute Gasteiger partial charge is 0.395 e. The van der Waals surface area contributed by atoms with Crippen LogP contribution in [-0.2, 0) is 20.1 Å². The van der Waals surface area contributed by atoms with Crippen LogP contribution in [0.3, 0.4) is 0 Å². The lowest BCUT2D eigenvalue weighted by atomic mass is 10.3. The van der Waals surface area contributed by atoms with Gasteiger partial charge in [0.15, 0.2) is 0 Å². The molecule has 1 N–H and O–H groups in total. The zero-order valence-electron chi connectivity index (χ0n) is 10.2. The fourth-order valence-electron chi connectivity index (χ4n) is 1.78. The van der Waals surface area contributed by atoms with Gasteiger partial charge in [0.05, 0.1) is 23.0 Å². The highest BCUT2D eigenvalue weighted by molar-refractivity contribution is 7.16. The zero-order valence-corrected chi connectivity index (χ0v) is 11.8. The van der Waals surface area contributed by atoms with Crippen LogP contribution in [0.25, 0.3) is 0 Å². The number of aliphatic hydroxyl groups is 1. The summed E-state index contributed by atoms with van der Waals surface area (Å²) in [6.07, 6.45) is 3.64. The molecule has 2 heterocycles. The van der Waals surface area contributed by atoms with Gasteiger partial charge in [-0.3, -0.25) is 4.90 Å². The van der Waals surface area contributed by atoms with E-state index < -0.39 is 0 Å². The van der Waals surface area contributed by atoms with Crippen LogP contribution in [0.5, 0.6) is 0 Å². The van der Waals surface area contributed by atoms with Gasteiger partial charge in [0.2, 0.25) is 0 Å². The Kier molecular flexibility index (Phi) is 4.77. The first-order chi connectivity index (χ1) is 8.69. The molecule has 0 spiro atoms. The van der Waals surface area contributed by atoms with Crippen molar-refractivity contribution < 1.29 is 5.11 Å². The van der Waals surface area contributed by atoms with Gasteiger partial charge in [0, 0.05) is 37.8 Å². The van der Waals surface area contributed by atoms with Crippen LogP contribution in [0.2, 0.25) is 4.34 Å². The van der Waals surface area contributed by atoms with Crippen molar-refractivity contribution in [2.75, 3.05) is 13.2 Å². The number of aromatic nitrogens is 2. The van der Waals surface area contributed by atoms with E-state index in [-0.39, 0.29) is 6.61 Å². The molecule has 18 heavy (non-hydrogen) atoms. The molecule has 2 aromatic heterocycles. The molecule has 0 saturated carbocycles. The van der Waals surface area contributed by atoms with Gasteiger partial charge < -0.3 is 9.67 Å². The lowest BCUT2D eigenvalue weighted by Crippen LogP contribution is -2.26. The first-order valence-corrected chi connectivity index (χ1v) is 6.91. The van der Waals surface area contributed by atoms with Crippen LogP contribution in [0, 0.1) is 0 Å². The van der Waals surface area contributed by atoms with Crippen LogP contribution in [0.4, 0.5) is 0 Å². The predicted octanol–water partition coefficient (Wildman–Crippen LogP) is 2.13. The highest BCUT2D eigenvalue weighted by Gasteiger charge is 2.10. The molecular formula is C12H16ClN3OS. The second-order valence-electron chi connectivity index (χ2n) is 4.14. The summed E-state index contributed by atoms with van der Waals surface area (Å²) in [5.41, 5.74) is 1.13. The fraction of sp³-hybridized carbons (Fsp3) is 0.417. The molecule has 0 aliphatic heterocycles. The number of aryl methyl sites for hydroxylation is 1. The molecule has 0 amide bonds.